The highest BCUT2D eigenvalue weighted by Crippen LogP contribution is 2.38. The normalized spacial score (nSPS) is 40.2. The van der Waals surface area contributed by atoms with Crippen molar-refractivity contribution in [1.82, 2.24) is 29.8 Å². The molecule has 36 heavy (non-hydrogen) atoms. The number of hydrazine groups is 2. The summed E-state index contributed by atoms with van der Waals surface area (Å²) in [6.07, 6.45) is -2.78. The van der Waals surface area contributed by atoms with Gasteiger partial charge in [0.05, 0.1) is 12.2 Å². The zero-order chi connectivity index (χ0) is 26.7. The number of aliphatic hydroxyl groups is 6. The summed E-state index contributed by atoms with van der Waals surface area (Å²) in [6, 6.07) is -3.45. The molecule has 16 nitrogen and oxygen atoms in total. The maximum atomic E-state index is 13.0. The van der Waals surface area contributed by atoms with E-state index in [-0.39, 0.29) is 23.1 Å². The average Bonchev–Trinajstić information content (AvgIpc) is 3.24. The van der Waals surface area contributed by atoms with Crippen LogP contribution in [0.4, 0.5) is 14.4 Å². The number of carbonyl (C=O) groups excluding carboxylic acids is 3. The molecule has 5 saturated heterocycles. The second kappa shape index (κ2) is 9.44. The number of fused-ring (bicyclic) bond motifs is 2. The van der Waals surface area contributed by atoms with Crippen molar-refractivity contribution in [3.05, 3.63) is 0 Å². The van der Waals surface area contributed by atoms with Gasteiger partial charge in [-0.1, -0.05) is 0 Å². The molecule has 0 aromatic heterocycles. The molecule has 6 N–H and O–H groups in total. The Morgan fingerprint density at radius 2 is 1.22 bits per heavy atom. The fraction of sp³-hybridized carbons (Fsp3) is 0.850. The van der Waals surface area contributed by atoms with Crippen LogP contribution in [0.1, 0.15) is 46.5 Å². The highest BCUT2D eigenvalue weighted by atomic mass is 16.5. The summed E-state index contributed by atoms with van der Waals surface area (Å²) >= 11 is 0. The molecule has 2 bridgehead atoms. The van der Waals surface area contributed by atoms with E-state index in [0.717, 1.165) is 16.7 Å². The Morgan fingerprint density at radius 1 is 0.778 bits per heavy atom. The Kier molecular flexibility index (Phi) is 6.97. The molecule has 8 unspecified atom stereocenters. The monoisotopic (exact) mass is 518 g/mol. The van der Waals surface area contributed by atoms with E-state index >= 15 is 0 Å². The van der Waals surface area contributed by atoms with E-state index in [2.05, 4.69) is 0 Å². The van der Waals surface area contributed by atoms with Gasteiger partial charge in [-0.2, -0.15) is 20.0 Å². The summed E-state index contributed by atoms with van der Waals surface area (Å²) in [5.41, 5.74) is -2.57. The molecule has 204 valence electrons. The number of ether oxygens (including phenoxy) is 1. The summed E-state index contributed by atoms with van der Waals surface area (Å²) in [5.74, 6) is 0. The number of amides is 6. The largest absolute Gasteiger partial charge is 0.375 e. The average molecular weight is 519 g/mol. The Morgan fingerprint density at radius 3 is 1.58 bits per heavy atom. The number of hydrogen-bond acceptors (Lipinski definition) is 10. The molecule has 6 rings (SSSR count). The van der Waals surface area contributed by atoms with Gasteiger partial charge >= 0.3 is 18.1 Å². The van der Waals surface area contributed by atoms with Crippen molar-refractivity contribution < 1.29 is 49.8 Å². The number of urea groups is 3. The lowest BCUT2D eigenvalue weighted by Gasteiger charge is -2.41. The number of rotatable bonds is 4. The van der Waals surface area contributed by atoms with Crippen LogP contribution >= 0.6 is 0 Å². The number of likely N-dealkylation sites (N-methyl/N-ethyl adjacent to an activating group) is 2. The second-order valence-corrected chi connectivity index (χ2v) is 9.43. The standard InChI is InChI=1S/C14H24N6O9.C6H10O/c1-4-15-6(21)8(23)17(11(15)26)19-10(25)14(3,29)20(13(19)28)18-9(24)7(22)16(5-2)12(18)27;1-2-5-4-6(3-1)7-5/h6-10,21-25,29H,4-5H2,1-3H3;5-6H,1-4H2. The first-order valence-corrected chi connectivity index (χ1v) is 12.0. The topological polar surface area (TPSA) is 201 Å². The van der Waals surface area contributed by atoms with Gasteiger partial charge in [0.1, 0.15) is 0 Å². The fourth-order valence-corrected chi connectivity index (χ4v) is 5.11. The lowest BCUT2D eigenvalue weighted by atomic mass is 9.89. The fourth-order valence-electron chi connectivity index (χ4n) is 5.11. The van der Waals surface area contributed by atoms with Gasteiger partial charge < -0.3 is 35.4 Å². The number of hydrogen-bond donors (Lipinski definition) is 6. The summed E-state index contributed by atoms with van der Waals surface area (Å²) in [5, 5.41) is 63.0. The third kappa shape index (κ3) is 3.84. The van der Waals surface area contributed by atoms with Gasteiger partial charge in [-0.3, -0.25) is 9.80 Å². The highest BCUT2D eigenvalue weighted by Gasteiger charge is 2.65. The van der Waals surface area contributed by atoms with E-state index in [9.17, 15) is 45.0 Å². The minimum absolute atomic E-state index is 0.0350. The second-order valence-electron chi connectivity index (χ2n) is 9.43. The summed E-state index contributed by atoms with van der Waals surface area (Å²) in [6.45, 7) is 3.86. The molecule has 1 saturated carbocycles. The van der Waals surface area contributed by atoms with E-state index in [1.165, 1.54) is 39.5 Å². The Hall–Kier alpha value is -2.47. The Balaban J connectivity index is 0.000000367. The number of aliphatic hydroxyl groups excluding tert-OH is 5. The summed E-state index contributed by atoms with van der Waals surface area (Å²) in [4.78, 5) is 39.7. The number of nitrogens with zero attached hydrogens (tertiary/aromatic N) is 6. The van der Waals surface area contributed by atoms with Gasteiger partial charge in [0.2, 0.25) is 12.0 Å². The predicted molar refractivity (Wildman–Crippen MR) is 116 cm³/mol. The minimum atomic E-state index is -2.57. The van der Waals surface area contributed by atoms with Crippen molar-refractivity contribution in [3.63, 3.8) is 0 Å². The van der Waals surface area contributed by atoms with E-state index in [1.807, 2.05) is 0 Å². The van der Waals surface area contributed by atoms with Gasteiger partial charge in [-0.25, -0.2) is 14.4 Å². The molecule has 0 spiro atoms. The van der Waals surface area contributed by atoms with Crippen molar-refractivity contribution in [3.8, 4) is 0 Å². The molecule has 6 fully saturated rings. The van der Waals surface area contributed by atoms with Crippen molar-refractivity contribution in [1.29, 1.82) is 0 Å². The van der Waals surface area contributed by atoms with Crippen LogP contribution in [0, 0.1) is 0 Å². The van der Waals surface area contributed by atoms with Crippen molar-refractivity contribution in [2.75, 3.05) is 13.1 Å². The molecule has 6 amide bonds. The van der Waals surface area contributed by atoms with Crippen LogP contribution in [0.15, 0.2) is 0 Å². The lowest BCUT2D eigenvalue weighted by Crippen LogP contribution is -2.60. The van der Waals surface area contributed by atoms with Crippen LogP contribution in [-0.2, 0) is 4.74 Å². The van der Waals surface area contributed by atoms with Crippen LogP contribution in [0.25, 0.3) is 0 Å². The Labute approximate surface area is 207 Å². The van der Waals surface area contributed by atoms with Gasteiger partial charge in [-0.15, -0.1) is 0 Å². The van der Waals surface area contributed by atoms with Crippen LogP contribution in [-0.4, -0.2) is 141 Å². The molecule has 0 radical (unpaired) electrons. The highest BCUT2D eigenvalue weighted by molar-refractivity contribution is 5.87. The molecule has 5 aliphatic heterocycles. The van der Waals surface area contributed by atoms with E-state index < -0.39 is 55.0 Å². The first-order chi connectivity index (χ1) is 16.9. The van der Waals surface area contributed by atoms with Crippen LogP contribution < -0.4 is 0 Å². The molecule has 8 atom stereocenters. The van der Waals surface area contributed by atoms with Gasteiger partial charge in [0.15, 0.2) is 24.9 Å². The molecular weight excluding hydrogens is 484 g/mol. The molecule has 6 aliphatic rings. The Bertz CT molecular complexity index is 874. The molecule has 0 aromatic carbocycles. The first kappa shape index (κ1) is 26.6. The summed E-state index contributed by atoms with van der Waals surface area (Å²) < 4.78 is 5.38. The third-order valence-electron chi connectivity index (χ3n) is 7.18. The SMILES string of the molecule is C1CC2CC(C1)O2.CCN1C(=O)N(N2C(=O)N(N3C(=O)N(CC)C(O)C3O)C(C)(O)C2O)C(O)C1O. The maximum absolute atomic E-state index is 13.0. The molecular formula is C20H34N6O10. The smallest absolute Gasteiger partial charge is 0.363 e. The van der Waals surface area contributed by atoms with Crippen molar-refractivity contribution in [2.24, 2.45) is 0 Å². The van der Waals surface area contributed by atoms with E-state index in [4.69, 9.17) is 4.74 Å². The van der Waals surface area contributed by atoms with Crippen LogP contribution in [0.5, 0.6) is 0 Å². The van der Waals surface area contributed by atoms with Gasteiger partial charge in [-0.05, 0) is 46.5 Å². The molecule has 5 heterocycles. The predicted octanol–water partition coefficient (Wildman–Crippen LogP) is -2.30. The summed E-state index contributed by atoms with van der Waals surface area (Å²) in [7, 11) is 0. The maximum Gasteiger partial charge on any atom is 0.363 e. The molecule has 0 aromatic rings. The third-order valence-corrected chi connectivity index (χ3v) is 7.18. The zero-order valence-electron chi connectivity index (χ0n) is 20.3. The molecule has 16 heteroatoms. The quantitative estimate of drug-likeness (QED) is 0.235. The van der Waals surface area contributed by atoms with E-state index in [1.54, 1.807) is 0 Å². The van der Waals surface area contributed by atoms with Gasteiger partial charge in [0.25, 0.3) is 0 Å². The minimum Gasteiger partial charge on any atom is -0.375 e. The van der Waals surface area contributed by atoms with Crippen LogP contribution in [0.2, 0.25) is 0 Å². The van der Waals surface area contributed by atoms with Crippen molar-refractivity contribution >= 4 is 18.1 Å². The lowest BCUT2D eigenvalue weighted by molar-refractivity contribution is -0.233. The zero-order valence-corrected chi connectivity index (χ0v) is 20.3. The van der Waals surface area contributed by atoms with Crippen LogP contribution in [0.3, 0.4) is 0 Å². The van der Waals surface area contributed by atoms with Gasteiger partial charge in [0, 0.05) is 13.1 Å². The number of carbonyl (C=O) groups is 3. The van der Waals surface area contributed by atoms with E-state index in [0.29, 0.717) is 22.2 Å². The first-order valence-electron chi connectivity index (χ1n) is 12.0. The van der Waals surface area contributed by atoms with Crippen molar-refractivity contribution in [2.45, 2.75) is 95.5 Å². The molecule has 1 aliphatic carbocycles.